The van der Waals surface area contributed by atoms with Gasteiger partial charge in [0.2, 0.25) is 0 Å². The molecule has 32 heavy (non-hydrogen) atoms. The number of carbonyl (C=O) groups excluding carboxylic acids is 3. The summed E-state index contributed by atoms with van der Waals surface area (Å²) in [6.45, 7) is 8.16. The molecule has 2 aromatic rings. The second-order valence-electron chi connectivity index (χ2n) is 8.40. The third-order valence-corrected chi connectivity index (χ3v) is 6.16. The van der Waals surface area contributed by atoms with Gasteiger partial charge in [0, 0.05) is 31.5 Å². The number of rotatable bonds is 7. The summed E-state index contributed by atoms with van der Waals surface area (Å²) in [7, 11) is 1.66. The number of nitrogens with zero attached hydrogens (tertiary/aromatic N) is 2. The van der Waals surface area contributed by atoms with Crippen LogP contribution in [0, 0.1) is 26.6 Å². The van der Waals surface area contributed by atoms with Crippen LogP contribution in [0.4, 0.5) is 10.1 Å². The first-order valence-corrected chi connectivity index (χ1v) is 11.0. The molecule has 2 heterocycles. The number of aromatic nitrogens is 1. The standard InChI is InChI=1S/C24H31FN4O3/c1-15-14-18(8-9-19(15)25)27-23(31)20-16(2)21(28(4)17(20)3)22(30)24(32)26-10-13-29-11-6-5-7-12-29/h8-9,14H,5-7,10-13H2,1-4H3,(H,26,32)(H,27,31). The summed E-state index contributed by atoms with van der Waals surface area (Å²) in [6.07, 6.45) is 3.57. The van der Waals surface area contributed by atoms with E-state index in [1.54, 1.807) is 38.5 Å². The average Bonchev–Trinajstić information content (AvgIpc) is 2.99. The molecule has 1 aliphatic heterocycles. The Morgan fingerprint density at radius 1 is 1.06 bits per heavy atom. The molecule has 3 rings (SSSR count). The number of Topliss-reactive ketones (excluding diaryl/α,β-unsaturated/α-hetero) is 1. The Morgan fingerprint density at radius 2 is 1.75 bits per heavy atom. The van der Waals surface area contributed by atoms with Crippen LogP contribution in [0.3, 0.4) is 0 Å². The van der Waals surface area contributed by atoms with Crippen LogP contribution in [0.1, 0.15) is 56.9 Å². The zero-order chi connectivity index (χ0) is 23.4. The van der Waals surface area contributed by atoms with Gasteiger partial charge in [-0.25, -0.2) is 4.39 Å². The largest absolute Gasteiger partial charge is 0.348 e. The van der Waals surface area contributed by atoms with Crippen molar-refractivity contribution in [3.05, 3.63) is 52.1 Å². The molecule has 0 bridgehead atoms. The van der Waals surface area contributed by atoms with Crippen LogP contribution in [-0.4, -0.2) is 53.2 Å². The lowest BCUT2D eigenvalue weighted by atomic mass is 10.1. The number of halogens is 1. The van der Waals surface area contributed by atoms with E-state index >= 15 is 0 Å². The van der Waals surface area contributed by atoms with Gasteiger partial charge < -0.3 is 20.1 Å². The highest BCUT2D eigenvalue weighted by Gasteiger charge is 2.28. The van der Waals surface area contributed by atoms with Crippen molar-refractivity contribution in [3.63, 3.8) is 0 Å². The van der Waals surface area contributed by atoms with Gasteiger partial charge in [0.05, 0.1) is 11.3 Å². The maximum absolute atomic E-state index is 13.5. The van der Waals surface area contributed by atoms with Gasteiger partial charge in [0.1, 0.15) is 5.82 Å². The molecule has 0 unspecified atom stereocenters. The molecule has 0 spiro atoms. The van der Waals surface area contributed by atoms with E-state index in [0.717, 1.165) is 32.5 Å². The molecular weight excluding hydrogens is 411 g/mol. The Morgan fingerprint density at radius 3 is 2.41 bits per heavy atom. The first-order chi connectivity index (χ1) is 15.2. The minimum absolute atomic E-state index is 0.193. The van der Waals surface area contributed by atoms with Crippen molar-refractivity contribution in [1.82, 2.24) is 14.8 Å². The Balaban J connectivity index is 1.71. The van der Waals surface area contributed by atoms with E-state index in [-0.39, 0.29) is 11.5 Å². The zero-order valence-corrected chi connectivity index (χ0v) is 19.2. The molecule has 8 heteroatoms. The minimum atomic E-state index is -0.674. The van der Waals surface area contributed by atoms with Crippen molar-refractivity contribution in [1.29, 1.82) is 0 Å². The predicted molar refractivity (Wildman–Crippen MR) is 122 cm³/mol. The highest BCUT2D eigenvalue weighted by molar-refractivity contribution is 6.43. The number of ketones is 1. The maximum Gasteiger partial charge on any atom is 0.294 e. The van der Waals surface area contributed by atoms with Gasteiger partial charge in [-0.1, -0.05) is 6.42 Å². The van der Waals surface area contributed by atoms with E-state index in [0.29, 0.717) is 34.6 Å². The molecule has 2 amide bonds. The molecule has 1 saturated heterocycles. The van der Waals surface area contributed by atoms with Crippen molar-refractivity contribution in [2.45, 2.75) is 40.0 Å². The smallest absolute Gasteiger partial charge is 0.294 e. The monoisotopic (exact) mass is 442 g/mol. The number of anilines is 1. The average molecular weight is 443 g/mol. The SMILES string of the molecule is Cc1cc(NC(=O)c2c(C)c(C(=O)C(=O)NCCN3CCCCC3)n(C)c2C)ccc1F. The number of benzene rings is 1. The lowest BCUT2D eigenvalue weighted by Gasteiger charge is -2.26. The molecule has 2 N–H and O–H groups in total. The number of hydrogen-bond acceptors (Lipinski definition) is 4. The molecule has 0 saturated carbocycles. The molecule has 0 radical (unpaired) electrons. The van der Waals surface area contributed by atoms with Crippen LogP contribution in [0.25, 0.3) is 0 Å². The summed E-state index contributed by atoms with van der Waals surface area (Å²) >= 11 is 0. The number of hydrogen-bond donors (Lipinski definition) is 2. The maximum atomic E-state index is 13.5. The van der Waals surface area contributed by atoms with Crippen LogP contribution in [-0.2, 0) is 11.8 Å². The second-order valence-corrected chi connectivity index (χ2v) is 8.40. The fraction of sp³-hybridized carbons (Fsp3) is 0.458. The van der Waals surface area contributed by atoms with Crippen LogP contribution in [0.5, 0.6) is 0 Å². The topological polar surface area (TPSA) is 83.4 Å². The number of nitrogens with one attached hydrogen (secondary N) is 2. The lowest BCUT2D eigenvalue weighted by Crippen LogP contribution is -2.40. The Kier molecular flexibility index (Phi) is 7.45. The first kappa shape index (κ1) is 23.7. The molecule has 1 aromatic heterocycles. The van der Waals surface area contributed by atoms with Crippen molar-refractivity contribution in [2.24, 2.45) is 7.05 Å². The molecule has 172 valence electrons. The normalized spacial score (nSPS) is 14.3. The summed E-state index contributed by atoms with van der Waals surface area (Å²) in [6, 6.07) is 4.32. The highest BCUT2D eigenvalue weighted by Crippen LogP contribution is 2.24. The molecule has 1 aromatic carbocycles. The molecule has 1 aliphatic rings. The Bertz CT molecular complexity index is 1040. The van der Waals surface area contributed by atoms with E-state index < -0.39 is 17.6 Å². The Labute approximate surface area is 188 Å². The molecule has 7 nitrogen and oxygen atoms in total. The number of aryl methyl sites for hydroxylation is 1. The van der Waals surface area contributed by atoms with Gasteiger partial charge in [0.25, 0.3) is 17.6 Å². The fourth-order valence-electron chi connectivity index (χ4n) is 4.25. The third-order valence-electron chi connectivity index (χ3n) is 6.16. The molecular formula is C24H31FN4O3. The van der Waals surface area contributed by atoms with Gasteiger partial charge in [-0.3, -0.25) is 14.4 Å². The number of amides is 2. The van der Waals surface area contributed by atoms with Crippen LogP contribution >= 0.6 is 0 Å². The number of piperidine rings is 1. The summed E-state index contributed by atoms with van der Waals surface area (Å²) < 4.78 is 15.1. The van der Waals surface area contributed by atoms with Gasteiger partial charge in [0.15, 0.2) is 0 Å². The number of carbonyl (C=O) groups is 3. The predicted octanol–water partition coefficient (Wildman–Crippen LogP) is 3.13. The van der Waals surface area contributed by atoms with Crippen LogP contribution in [0.15, 0.2) is 18.2 Å². The van der Waals surface area contributed by atoms with E-state index in [1.807, 2.05) is 0 Å². The highest BCUT2D eigenvalue weighted by atomic mass is 19.1. The van der Waals surface area contributed by atoms with Gasteiger partial charge in [-0.15, -0.1) is 0 Å². The van der Waals surface area contributed by atoms with Crippen molar-refractivity contribution in [3.8, 4) is 0 Å². The first-order valence-electron chi connectivity index (χ1n) is 11.0. The minimum Gasteiger partial charge on any atom is -0.348 e. The van der Waals surface area contributed by atoms with Gasteiger partial charge in [-0.05, 0) is 76.0 Å². The number of likely N-dealkylation sites (tertiary alicyclic amines) is 1. The zero-order valence-electron chi connectivity index (χ0n) is 19.2. The van der Waals surface area contributed by atoms with Crippen molar-refractivity contribution >= 4 is 23.3 Å². The summed E-state index contributed by atoms with van der Waals surface area (Å²) in [5.74, 6) is -2.10. The van der Waals surface area contributed by atoms with Crippen molar-refractivity contribution < 1.29 is 18.8 Å². The summed E-state index contributed by atoms with van der Waals surface area (Å²) in [5.41, 5.74) is 2.42. The second kappa shape index (κ2) is 10.1. The lowest BCUT2D eigenvalue weighted by molar-refractivity contribution is -0.117. The van der Waals surface area contributed by atoms with Crippen molar-refractivity contribution in [2.75, 3.05) is 31.5 Å². The summed E-state index contributed by atoms with van der Waals surface area (Å²) in [4.78, 5) is 40.6. The summed E-state index contributed by atoms with van der Waals surface area (Å²) in [5, 5.41) is 5.46. The van der Waals surface area contributed by atoms with E-state index in [9.17, 15) is 18.8 Å². The van der Waals surface area contributed by atoms with Gasteiger partial charge in [-0.2, -0.15) is 0 Å². The van der Waals surface area contributed by atoms with E-state index in [1.165, 1.54) is 18.6 Å². The third kappa shape index (κ3) is 5.07. The molecule has 1 fully saturated rings. The Hall–Kier alpha value is -3.00. The van der Waals surface area contributed by atoms with Crippen LogP contribution in [0.2, 0.25) is 0 Å². The molecule has 0 atom stereocenters. The van der Waals surface area contributed by atoms with Crippen LogP contribution < -0.4 is 10.6 Å². The van der Waals surface area contributed by atoms with Gasteiger partial charge >= 0.3 is 0 Å². The molecule has 0 aliphatic carbocycles. The fourth-order valence-corrected chi connectivity index (χ4v) is 4.25. The van der Waals surface area contributed by atoms with E-state index in [4.69, 9.17) is 0 Å². The quantitative estimate of drug-likeness (QED) is 0.510. The van der Waals surface area contributed by atoms with E-state index in [2.05, 4.69) is 15.5 Å².